The van der Waals surface area contributed by atoms with Crippen molar-refractivity contribution in [3.63, 3.8) is 0 Å². The number of fused-ring (bicyclic) bond motifs is 4. The van der Waals surface area contributed by atoms with Crippen LogP contribution in [0.1, 0.15) is 96.6 Å². The smallest absolute Gasteiger partial charge is 0.335 e. The molecule has 4 aromatic rings. The monoisotopic (exact) mass is 876 g/mol. The van der Waals surface area contributed by atoms with Gasteiger partial charge in [0.2, 0.25) is 24.1 Å². The molecular formula is C42H52O20. The van der Waals surface area contributed by atoms with Crippen molar-refractivity contribution in [1.82, 2.24) is 0 Å². The first-order valence-corrected chi connectivity index (χ1v) is 19.0. The van der Waals surface area contributed by atoms with Gasteiger partial charge in [0, 0.05) is 21.8 Å². The molecule has 2 heterocycles. The van der Waals surface area contributed by atoms with Crippen LogP contribution < -0.4 is 9.47 Å². The summed E-state index contributed by atoms with van der Waals surface area (Å²) in [5.41, 5.74) is -2.87. The molecule has 4 aliphatic rings. The number of hydrogen-bond donors (Lipinski definition) is 12. The number of ether oxygens (including phenoxy) is 4. The average Bonchev–Trinajstić information content (AvgIpc) is 3.24. The number of aliphatic hydroxyl groups is 8. The van der Waals surface area contributed by atoms with E-state index in [-0.39, 0.29) is 54.9 Å². The molecule has 0 spiro atoms. The molecule has 0 amide bonds. The van der Waals surface area contributed by atoms with E-state index in [0.29, 0.717) is 0 Å². The van der Waals surface area contributed by atoms with E-state index in [4.69, 9.17) is 18.9 Å². The van der Waals surface area contributed by atoms with Gasteiger partial charge in [0.15, 0.2) is 0 Å². The van der Waals surface area contributed by atoms with Gasteiger partial charge in [-0.05, 0) is 58.7 Å². The number of carbonyl (C=O) groups is 4. The Labute approximate surface area is 358 Å². The zero-order valence-corrected chi connectivity index (χ0v) is 31.7. The van der Waals surface area contributed by atoms with Crippen LogP contribution in [0.3, 0.4) is 0 Å². The number of ketones is 2. The Bertz CT molecular complexity index is 2360. The average molecular weight is 877 g/mol. The van der Waals surface area contributed by atoms with Gasteiger partial charge in [-0.1, -0.05) is 24.3 Å². The van der Waals surface area contributed by atoms with E-state index in [1.807, 2.05) is 0 Å². The highest BCUT2D eigenvalue weighted by Gasteiger charge is 2.50. The van der Waals surface area contributed by atoms with Crippen LogP contribution in [-0.4, -0.2) is 159 Å². The molecule has 2 aliphatic carbocycles. The van der Waals surface area contributed by atoms with Gasteiger partial charge in [-0.15, -0.1) is 0 Å². The lowest BCUT2D eigenvalue weighted by Crippen LogP contribution is -2.60. The van der Waals surface area contributed by atoms with Crippen LogP contribution in [-0.2, 0) is 9.47 Å². The molecule has 20 heteroatoms. The Morgan fingerprint density at radius 3 is 1.24 bits per heavy atom. The maximum absolute atomic E-state index is 14.7. The highest BCUT2D eigenvalue weighted by molar-refractivity contribution is 6.18. The van der Waals surface area contributed by atoms with Gasteiger partial charge in [-0.25, -0.2) is 9.59 Å². The van der Waals surface area contributed by atoms with Crippen molar-refractivity contribution in [3.05, 3.63) is 116 Å². The van der Waals surface area contributed by atoms with Crippen molar-refractivity contribution >= 4 is 23.5 Å². The summed E-state index contributed by atoms with van der Waals surface area (Å²) >= 11 is 0. The van der Waals surface area contributed by atoms with E-state index in [2.05, 4.69) is 0 Å². The highest BCUT2D eigenvalue weighted by Crippen LogP contribution is 2.56. The lowest BCUT2D eigenvalue weighted by atomic mass is 9.63. The largest absolute Gasteiger partial charge is 0.507 e. The molecule has 0 aromatic heterocycles. The minimum atomic E-state index is -1.94. The third-order valence-electron chi connectivity index (χ3n) is 11.7. The second-order valence-electron chi connectivity index (χ2n) is 15.2. The van der Waals surface area contributed by atoms with Gasteiger partial charge in [0.25, 0.3) is 0 Å². The SMILES string of the molecule is O=C(O)c1cc(O)c2c(c1)C(C1c3cc(C(=O)O)cc(O)c3C(=O)c3c(O[C@H]4O[C@@H](CO)[C@@H](O)[C@H](O)[C@H]4O)cccc31)c1cccc(OC3O[C@H](CO)[C@@H](O)[C@H](O)[C@H]3O)c1C2=O.[HH].[HH].[HH].[HH].[HH].[HH].[HH]. The van der Waals surface area contributed by atoms with E-state index in [0.717, 1.165) is 24.3 Å². The van der Waals surface area contributed by atoms with Gasteiger partial charge in [0.05, 0.1) is 46.6 Å². The minimum Gasteiger partial charge on any atom is -0.507 e. The lowest BCUT2D eigenvalue weighted by molar-refractivity contribution is -0.277. The minimum absolute atomic E-state index is 0. The first kappa shape index (κ1) is 42.6. The van der Waals surface area contributed by atoms with Crippen molar-refractivity contribution < 1.29 is 109 Å². The Morgan fingerprint density at radius 1 is 0.532 bits per heavy atom. The molecular weight excluding hydrogens is 824 g/mol. The van der Waals surface area contributed by atoms with E-state index in [1.54, 1.807) is 0 Å². The van der Waals surface area contributed by atoms with Crippen LogP contribution in [0.15, 0.2) is 60.7 Å². The number of hydrogen-bond acceptors (Lipinski definition) is 18. The number of benzene rings is 4. The molecule has 62 heavy (non-hydrogen) atoms. The number of carboxylic acids is 2. The predicted molar refractivity (Wildman–Crippen MR) is 217 cm³/mol. The van der Waals surface area contributed by atoms with E-state index in [1.165, 1.54) is 36.4 Å². The quantitative estimate of drug-likeness (QED) is 0.110. The standard InChI is InChI=1S/C42H38O20.7H2/c43-11-23-31(47)35(51)37(53)41(61-23)59-21-5-1-3-15-25(17-7-13(39(55)56)9-19(45)27(17)33(49)29(15)21)26-16-4-2-6-22(60-42-38(54)36(52)32(48)24(12-44)62-42)30(16)34(50)28-18(26)8-14(40(57)58)10-20(28)46;;;;;;;/h1-10,23-26,31-32,35-38,41-48,51-54H,11-12H2,(H,55,56)(H,57,58);7*1H/t23-,24+,25?,26?,31-,32-,35+,36+,37-,38-,41?,42+;;;;;;;/m1......./s1. The van der Waals surface area contributed by atoms with Crippen LogP contribution >= 0.6 is 0 Å². The Balaban J connectivity index is 0.00000340. The summed E-state index contributed by atoms with van der Waals surface area (Å²) in [4.78, 5) is 54.2. The fourth-order valence-corrected chi connectivity index (χ4v) is 8.71. The summed E-state index contributed by atoms with van der Waals surface area (Å²) in [6, 6.07) is 11.9. The maximum Gasteiger partial charge on any atom is 0.335 e. The van der Waals surface area contributed by atoms with Crippen molar-refractivity contribution in [1.29, 1.82) is 0 Å². The molecule has 2 fully saturated rings. The molecule has 0 radical (unpaired) electrons. The Hall–Kier alpha value is -6.04. The highest BCUT2D eigenvalue weighted by atomic mass is 16.7. The van der Waals surface area contributed by atoms with E-state index >= 15 is 0 Å². The number of carboxylic acid groups (broad SMARTS) is 2. The molecule has 3 unspecified atom stereocenters. The Kier molecular flexibility index (Phi) is 11.0. The summed E-state index contributed by atoms with van der Waals surface area (Å²) in [6.07, 6.45) is -17.7. The number of rotatable bonds is 9. The number of aromatic hydroxyl groups is 2. The molecule has 2 saturated heterocycles. The summed E-state index contributed by atoms with van der Waals surface area (Å²) in [5, 5.41) is 126. The fourth-order valence-electron chi connectivity index (χ4n) is 8.71. The lowest BCUT2D eigenvalue weighted by Gasteiger charge is -2.41. The first-order valence-electron chi connectivity index (χ1n) is 19.0. The number of phenols is 2. The van der Waals surface area contributed by atoms with E-state index < -0.39 is 144 Å². The van der Waals surface area contributed by atoms with Crippen LogP contribution in [0.5, 0.6) is 23.0 Å². The van der Waals surface area contributed by atoms with Gasteiger partial charge in [-0.2, -0.15) is 0 Å². The van der Waals surface area contributed by atoms with Gasteiger partial charge in [-0.3, -0.25) is 9.59 Å². The van der Waals surface area contributed by atoms with Crippen LogP contribution in [0.2, 0.25) is 0 Å². The zero-order valence-electron chi connectivity index (χ0n) is 31.7. The summed E-state index contributed by atoms with van der Waals surface area (Å²) < 4.78 is 23.0. The van der Waals surface area contributed by atoms with Crippen molar-refractivity contribution in [2.45, 2.75) is 73.2 Å². The fraction of sp³-hybridized carbons (Fsp3) is 0.333. The maximum atomic E-state index is 14.7. The molecule has 12 atom stereocenters. The molecule has 2 aliphatic heterocycles. The van der Waals surface area contributed by atoms with Crippen molar-refractivity contribution in [2.24, 2.45) is 0 Å². The normalized spacial score (nSPS) is 30.1. The second kappa shape index (κ2) is 16.0. The third kappa shape index (κ3) is 6.73. The number of phenolic OH excluding ortho intramolecular Hbond substituents is 2. The third-order valence-corrected chi connectivity index (χ3v) is 11.7. The first-order chi connectivity index (χ1) is 29.5. The molecule has 340 valence electrons. The summed E-state index contributed by atoms with van der Waals surface area (Å²) in [7, 11) is 0. The summed E-state index contributed by atoms with van der Waals surface area (Å²) in [6.45, 7) is -1.64. The molecule has 12 N–H and O–H groups in total. The van der Waals surface area contributed by atoms with Crippen LogP contribution in [0.25, 0.3) is 0 Å². The molecule has 0 bridgehead atoms. The van der Waals surface area contributed by atoms with Crippen LogP contribution in [0, 0.1) is 0 Å². The molecule has 0 saturated carbocycles. The van der Waals surface area contributed by atoms with Crippen molar-refractivity contribution in [2.75, 3.05) is 13.2 Å². The topological polar surface area (TPSA) is 348 Å². The van der Waals surface area contributed by atoms with Gasteiger partial charge < -0.3 is 80.2 Å². The number of carbonyl (C=O) groups excluding carboxylic acids is 2. The van der Waals surface area contributed by atoms with Gasteiger partial charge in [0.1, 0.15) is 71.8 Å². The van der Waals surface area contributed by atoms with E-state index in [9.17, 15) is 80.5 Å². The van der Waals surface area contributed by atoms with Gasteiger partial charge >= 0.3 is 11.9 Å². The predicted octanol–water partition coefficient (Wildman–Crippen LogP) is 0.626. The zero-order chi connectivity index (χ0) is 44.6. The van der Waals surface area contributed by atoms with Crippen LogP contribution in [0.4, 0.5) is 0 Å². The number of aromatic carboxylic acids is 2. The molecule has 20 nitrogen and oxygen atoms in total. The second-order valence-corrected chi connectivity index (χ2v) is 15.2. The van der Waals surface area contributed by atoms with Crippen molar-refractivity contribution in [3.8, 4) is 23.0 Å². The number of aliphatic hydroxyl groups excluding tert-OH is 8. The summed E-state index contributed by atoms with van der Waals surface area (Å²) in [5.74, 6) is -10.1. The Morgan fingerprint density at radius 2 is 0.903 bits per heavy atom. The molecule has 8 rings (SSSR count). The molecule has 4 aromatic carbocycles.